The minimum Gasteiger partial charge on any atom is -0.488 e. The number of rotatable bonds is 5. The van der Waals surface area contributed by atoms with Crippen LogP contribution < -0.4 is 9.47 Å². The molecule has 0 unspecified atom stereocenters. The van der Waals surface area contributed by atoms with Gasteiger partial charge in [0, 0.05) is 11.6 Å². The first-order valence-corrected chi connectivity index (χ1v) is 4.75. The van der Waals surface area contributed by atoms with Gasteiger partial charge >= 0.3 is 6.36 Å². The van der Waals surface area contributed by atoms with Crippen LogP contribution in [0.2, 0.25) is 0 Å². The number of alkyl halides is 5. The van der Waals surface area contributed by atoms with Crippen LogP contribution in [0.15, 0.2) is 24.8 Å². The van der Waals surface area contributed by atoms with Crippen molar-refractivity contribution in [2.75, 3.05) is 6.61 Å². The molecule has 0 radical (unpaired) electrons. The topological polar surface area (TPSA) is 18.5 Å². The van der Waals surface area contributed by atoms with E-state index in [0.717, 1.165) is 12.1 Å². The zero-order valence-corrected chi connectivity index (χ0v) is 9.01. The highest BCUT2D eigenvalue weighted by atomic mass is 19.4. The van der Waals surface area contributed by atoms with E-state index in [-0.39, 0.29) is 11.3 Å². The Bertz CT molecular complexity index is 414. The van der Waals surface area contributed by atoms with Gasteiger partial charge in [0.05, 0.1) is 0 Å². The summed E-state index contributed by atoms with van der Waals surface area (Å²) < 4.78 is 68.4. The number of ether oxygens (including phenoxy) is 2. The normalized spacial score (nSPS) is 11.4. The van der Waals surface area contributed by atoms with E-state index in [1.54, 1.807) is 0 Å². The van der Waals surface area contributed by atoms with Crippen LogP contribution in [0.25, 0.3) is 6.08 Å². The largest absolute Gasteiger partial charge is 0.573 e. The summed E-state index contributed by atoms with van der Waals surface area (Å²) in [4.78, 5) is 0. The minimum atomic E-state index is -4.88. The predicted octanol–water partition coefficient (Wildman–Crippen LogP) is 3.87. The van der Waals surface area contributed by atoms with Gasteiger partial charge in [-0.05, 0) is 12.1 Å². The van der Waals surface area contributed by atoms with Crippen LogP contribution in [0, 0.1) is 0 Å². The summed E-state index contributed by atoms with van der Waals surface area (Å²) in [5.41, 5.74) is 0.0803. The standard InChI is InChI=1S/C11H9F5O2/c1-2-7-3-4-8(17-6-10(12)13)5-9(7)18-11(14,15)16/h2-5,10H,1,6H2. The van der Waals surface area contributed by atoms with Crippen LogP contribution >= 0.6 is 0 Å². The maximum absolute atomic E-state index is 12.1. The summed E-state index contributed by atoms with van der Waals surface area (Å²) in [6, 6.07) is 3.37. The molecule has 0 N–H and O–H groups in total. The Hall–Kier alpha value is -1.79. The van der Waals surface area contributed by atoms with Crippen LogP contribution in [-0.4, -0.2) is 19.4 Å². The van der Waals surface area contributed by atoms with Gasteiger partial charge in [-0.3, -0.25) is 0 Å². The molecule has 7 heteroatoms. The van der Waals surface area contributed by atoms with Gasteiger partial charge in [0.25, 0.3) is 6.43 Å². The van der Waals surface area contributed by atoms with Crippen LogP contribution in [0.3, 0.4) is 0 Å². The Morgan fingerprint density at radius 2 is 1.94 bits per heavy atom. The molecule has 0 saturated heterocycles. The predicted molar refractivity (Wildman–Crippen MR) is 54.7 cm³/mol. The number of hydrogen-bond acceptors (Lipinski definition) is 2. The van der Waals surface area contributed by atoms with E-state index in [1.807, 2.05) is 0 Å². The highest BCUT2D eigenvalue weighted by molar-refractivity contribution is 5.57. The first-order valence-electron chi connectivity index (χ1n) is 4.75. The summed E-state index contributed by atoms with van der Waals surface area (Å²) >= 11 is 0. The molecule has 0 fully saturated rings. The lowest BCUT2D eigenvalue weighted by atomic mass is 10.2. The molecule has 0 heterocycles. The third-order valence-electron chi connectivity index (χ3n) is 1.81. The molecule has 0 amide bonds. The van der Waals surface area contributed by atoms with Gasteiger partial charge in [-0.2, -0.15) is 0 Å². The van der Waals surface area contributed by atoms with Crippen molar-refractivity contribution in [2.24, 2.45) is 0 Å². The van der Waals surface area contributed by atoms with Gasteiger partial charge in [0.2, 0.25) is 0 Å². The number of benzene rings is 1. The van der Waals surface area contributed by atoms with E-state index in [4.69, 9.17) is 0 Å². The lowest BCUT2D eigenvalue weighted by Crippen LogP contribution is -2.18. The average Bonchev–Trinajstić information content (AvgIpc) is 2.24. The molecule has 1 aromatic carbocycles. The molecule has 0 atom stereocenters. The molecule has 18 heavy (non-hydrogen) atoms. The maximum Gasteiger partial charge on any atom is 0.573 e. The third-order valence-corrected chi connectivity index (χ3v) is 1.81. The smallest absolute Gasteiger partial charge is 0.488 e. The number of hydrogen-bond donors (Lipinski definition) is 0. The highest BCUT2D eigenvalue weighted by Gasteiger charge is 2.32. The van der Waals surface area contributed by atoms with Gasteiger partial charge < -0.3 is 9.47 Å². The summed E-state index contributed by atoms with van der Waals surface area (Å²) in [5, 5.41) is 0. The van der Waals surface area contributed by atoms with Crippen molar-refractivity contribution in [1.29, 1.82) is 0 Å². The summed E-state index contributed by atoms with van der Waals surface area (Å²) in [6.07, 6.45) is -6.44. The molecule has 1 aromatic rings. The molecule has 0 aromatic heterocycles. The zero-order chi connectivity index (χ0) is 13.8. The fourth-order valence-corrected chi connectivity index (χ4v) is 1.15. The van der Waals surface area contributed by atoms with Crippen molar-refractivity contribution in [3.63, 3.8) is 0 Å². The molecule has 2 nitrogen and oxygen atoms in total. The van der Waals surface area contributed by atoms with E-state index in [1.165, 1.54) is 12.1 Å². The monoisotopic (exact) mass is 268 g/mol. The Morgan fingerprint density at radius 1 is 1.28 bits per heavy atom. The molecular formula is C11H9F5O2. The van der Waals surface area contributed by atoms with Gasteiger partial charge in [-0.1, -0.05) is 12.7 Å². The Kier molecular flexibility index (Phi) is 4.52. The van der Waals surface area contributed by atoms with Crippen LogP contribution in [0.5, 0.6) is 11.5 Å². The quantitative estimate of drug-likeness (QED) is 0.755. The van der Waals surface area contributed by atoms with E-state index >= 15 is 0 Å². The fraction of sp³-hybridized carbons (Fsp3) is 0.273. The second kappa shape index (κ2) is 5.70. The first kappa shape index (κ1) is 14.3. The molecule has 0 spiro atoms. The summed E-state index contributed by atoms with van der Waals surface area (Å²) in [6.45, 7) is 2.41. The van der Waals surface area contributed by atoms with Gasteiger partial charge in [0.15, 0.2) is 0 Å². The SMILES string of the molecule is C=Cc1ccc(OCC(F)F)cc1OC(F)(F)F. The van der Waals surface area contributed by atoms with E-state index in [2.05, 4.69) is 16.1 Å². The summed E-state index contributed by atoms with van der Waals surface area (Å²) in [5.74, 6) is -0.690. The number of halogens is 5. The molecule has 1 rings (SSSR count). The lowest BCUT2D eigenvalue weighted by Gasteiger charge is -2.13. The Morgan fingerprint density at radius 3 is 2.44 bits per heavy atom. The second-order valence-corrected chi connectivity index (χ2v) is 3.15. The van der Waals surface area contributed by atoms with Crippen molar-refractivity contribution in [2.45, 2.75) is 12.8 Å². The highest BCUT2D eigenvalue weighted by Crippen LogP contribution is 2.30. The van der Waals surface area contributed by atoms with E-state index in [0.29, 0.717) is 0 Å². The van der Waals surface area contributed by atoms with Crippen molar-refractivity contribution < 1.29 is 31.4 Å². The van der Waals surface area contributed by atoms with Crippen LogP contribution in [-0.2, 0) is 0 Å². The fourth-order valence-electron chi connectivity index (χ4n) is 1.15. The zero-order valence-electron chi connectivity index (χ0n) is 9.01. The molecule has 0 bridgehead atoms. The molecule has 0 aliphatic heterocycles. The van der Waals surface area contributed by atoms with Crippen molar-refractivity contribution in [3.8, 4) is 11.5 Å². The Labute approximate surface area is 99.6 Å². The minimum absolute atomic E-state index is 0.0803. The van der Waals surface area contributed by atoms with Gasteiger partial charge in [-0.15, -0.1) is 13.2 Å². The van der Waals surface area contributed by atoms with Gasteiger partial charge in [0.1, 0.15) is 18.1 Å². The van der Waals surface area contributed by atoms with Crippen molar-refractivity contribution >= 4 is 6.08 Å². The molecule has 0 aliphatic rings. The molecule has 0 saturated carbocycles. The van der Waals surface area contributed by atoms with Crippen LogP contribution in [0.1, 0.15) is 5.56 Å². The van der Waals surface area contributed by atoms with Crippen molar-refractivity contribution in [1.82, 2.24) is 0 Å². The van der Waals surface area contributed by atoms with E-state index in [9.17, 15) is 22.0 Å². The van der Waals surface area contributed by atoms with Crippen LogP contribution in [0.4, 0.5) is 22.0 Å². The van der Waals surface area contributed by atoms with Crippen molar-refractivity contribution in [3.05, 3.63) is 30.3 Å². The molecular weight excluding hydrogens is 259 g/mol. The molecule has 0 aliphatic carbocycles. The second-order valence-electron chi connectivity index (χ2n) is 3.15. The lowest BCUT2D eigenvalue weighted by molar-refractivity contribution is -0.274. The van der Waals surface area contributed by atoms with Gasteiger partial charge in [-0.25, -0.2) is 8.78 Å². The first-order chi connectivity index (χ1) is 8.31. The van der Waals surface area contributed by atoms with E-state index < -0.39 is 25.1 Å². The Balaban J connectivity index is 2.91. The molecule has 100 valence electrons. The summed E-state index contributed by atoms with van der Waals surface area (Å²) in [7, 11) is 0. The maximum atomic E-state index is 12.1. The average molecular weight is 268 g/mol. The third kappa shape index (κ3) is 4.60.